The highest BCUT2D eigenvalue weighted by molar-refractivity contribution is 5.96. The number of rotatable bonds is 5. The molecule has 0 bridgehead atoms. The van der Waals surface area contributed by atoms with E-state index in [1.165, 1.54) is 103 Å². The molecule has 0 N–H and O–H groups in total. The Hall–Kier alpha value is -6.45. The Balaban J connectivity index is 0.947. The van der Waals surface area contributed by atoms with Gasteiger partial charge in [-0.2, -0.15) is 0 Å². The maximum Gasteiger partial charge on any atom is 0.164 e. The van der Waals surface area contributed by atoms with Gasteiger partial charge in [0, 0.05) is 27.5 Å². The number of nitrogens with zero attached hydrogens (tertiary/aromatic N) is 3. The zero-order valence-electron chi connectivity index (χ0n) is 34.0. The van der Waals surface area contributed by atoms with E-state index in [0.717, 1.165) is 22.3 Å². The van der Waals surface area contributed by atoms with E-state index in [0.29, 0.717) is 17.5 Å². The summed E-state index contributed by atoms with van der Waals surface area (Å²) < 4.78 is 0. The second-order valence-electron chi connectivity index (χ2n) is 17.7. The molecular formula is C57H47N3. The SMILES string of the molecule is c1ccc(-c2nc(-c3ccccc3)nc(-c3cccc(-c4ccc(-c5cccc6c5-c5cc7c(cc5C65CCCCC5)-c5ccccc5C75CCCCC5)cc4)c3)n2)cc1. The summed E-state index contributed by atoms with van der Waals surface area (Å²) in [6.45, 7) is 0. The van der Waals surface area contributed by atoms with Gasteiger partial charge in [-0.05, 0) is 111 Å². The molecule has 290 valence electrons. The Kier molecular flexibility index (Phi) is 8.34. The Bertz CT molecular complexity index is 2860. The minimum Gasteiger partial charge on any atom is -0.208 e. The Labute approximate surface area is 353 Å². The van der Waals surface area contributed by atoms with Gasteiger partial charge in [-0.25, -0.2) is 15.0 Å². The van der Waals surface area contributed by atoms with Crippen LogP contribution >= 0.6 is 0 Å². The second kappa shape index (κ2) is 14.1. The van der Waals surface area contributed by atoms with Crippen molar-refractivity contribution in [3.8, 4) is 78.7 Å². The molecule has 0 unspecified atom stereocenters. The highest BCUT2D eigenvalue weighted by atomic mass is 15.0. The zero-order chi connectivity index (χ0) is 39.7. The molecule has 0 saturated heterocycles. The van der Waals surface area contributed by atoms with Crippen LogP contribution in [0.2, 0.25) is 0 Å². The van der Waals surface area contributed by atoms with Gasteiger partial charge in [-0.1, -0.05) is 184 Å². The lowest BCUT2D eigenvalue weighted by Crippen LogP contribution is -2.29. The molecule has 1 heterocycles. The summed E-state index contributed by atoms with van der Waals surface area (Å²) in [6, 6.07) is 60.3. The highest BCUT2D eigenvalue weighted by Gasteiger charge is 2.49. The summed E-state index contributed by atoms with van der Waals surface area (Å²) in [7, 11) is 0. The molecule has 4 aliphatic rings. The van der Waals surface area contributed by atoms with Crippen LogP contribution in [0.4, 0.5) is 0 Å². The van der Waals surface area contributed by atoms with Crippen LogP contribution in [0.1, 0.15) is 86.5 Å². The fourth-order valence-corrected chi connectivity index (χ4v) is 11.7. The van der Waals surface area contributed by atoms with E-state index in [1.54, 1.807) is 22.3 Å². The minimum absolute atomic E-state index is 0.0847. The number of hydrogen-bond donors (Lipinski definition) is 0. The zero-order valence-corrected chi connectivity index (χ0v) is 34.0. The predicted octanol–water partition coefficient (Wildman–Crippen LogP) is 14.7. The van der Waals surface area contributed by atoms with Crippen molar-refractivity contribution in [2.45, 2.75) is 75.0 Å². The van der Waals surface area contributed by atoms with Crippen molar-refractivity contribution in [3.63, 3.8) is 0 Å². The van der Waals surface area contributed by atoms with Crippen molar-refractivity contribution in [1.82, 2.24) is 15.0 Å². The molecule has 4 aliphatic carbocycles. The van der Waals surface area contributed by atoms with Crippen LogP contribution in [0.15, 0.2) is 164 Å². The van der Waals surface area contributed by atoms with Gasteiger partial charge in [-0.3, -0.25) is 0 Å². The Morgan fingerprint density at radius 2 is 0.750 bits per heavy atom. The van der Waals surface area contributed by atoms with Gasteiger partial charge in [0.05, 0.1) is 0 Å². The normalized spacial score (nSPS) is 16.6. The molecule has 0 aliphatic heterocycles. The molecule has 2 spiro atoms. The minimum atomic E-state index is 0.0847. The lowest BCUT2D eigenvalue weighted by molar-refractivity contribution is 0.350. The van der Waals surface area contributed by atoms with E-state index in [1.807, 2.05) is 36.4 Å². The third-order valence-electron chi connectivity index (χ3n) is 14.5. The van der Waals surface area contributed by atoms with Gasteiger partial charge in [0.1, 0.15) is 0 Å². The monoisotopic (exact) mass is 773 g/mol. The van der Waals surface area contributed by atoms with Crippen molar-refractivity contribution in [3.05, 3.63) is 186 Å². The third kappa shape index (κ3) is 5.51. The van der Waals surface area contributed by atoms with Crippen molar-refractivity contribution in [2.24, 2.45) is 0 Å². The Morgan fingerprint density at radius 3 is 1.42 bits per heavy atom. The maximum absolute atomic E-state index is 5.01. The number of hydrogen-bond acceptors (Lipinski definition) is 3. The summed E-state index contributed by atoms with van der Waals surface area (Å²) in [5.74, 6) is 2.01. The smallest absolute Gasteiger partial charge is 0.164 e. The first-order valence-corrected chi connectivity index (χ1v) is 22.2. The molecule has 3 nitrogen and oxygen atoms in total. The van der Waals surface area contributed by atoms with E-state index in [9.17, 15) is 0 Å². The van der Waals surface area contributed by atoms with Crippen molar-refractivity contribution >= 4 is 0 Å². The summed E-state index contributed by atoms with van der Waals surface area (Å²) >= 11 is 0. The van der Waals surface area contributed by atoms with Crippen LogP contribution in [0.3, 0.4) is 0 Å². The van der Waals surface area contributed by atoms with Gasteiger partial charge < -0.3 is 0 Å². The maximum atomic E-state index is 5.01. The van der Waals surface area contributed by atoms with Crippen LogP contribution in [0.25, 0.3) is 78.7 Å². The second-order valence-corrected chi connectivity index (χ2v) is 17.7. The average molecular weight is 774 g/mol. The fraction of sp³-hybridized carbons (Fsp3) is 0.211. The first kappa shape index (κ1) is 35.5. The van der Waals surface area contributed by atoms with Gasteiger partial charge in [0.2, 0.25) is 0 Å². The van der Waals surface area contributed by atoms with Gasteiger partial charge in [0.25, 0.3) is 0 Å². The fourth-order valence-electron chi connectivity index (χ4n) is 11.7. The van der Waals surface area contributed by atoms with Gasteiger partial charge in [0.15, 0.2) is 17.5 Å². The summed E-state index contributed by atoms with van der Waals surface area (Å²) in [6.07, 6.45) is 12.9. The molecule has 2 saturated carbocycles. The summed E-state index contributed by atoms with van der Waals surface area (Å²) in [5, 5.41) is 0. The van der Waals surface area contributed by atoms with Crippen LogP contribution in [0, 0.1) is 0 Å². The van der Waals surface area contributed by atoms with E-state index < -0.39 is 0 Å². The molecule has 0 atom stereocenters. The first-order chi connectivity index (χ1) is 29.7. The number of fused-ring (bicyclic) bond motifs is 10. The molecule has 3 heteroatoms. The number of benzene rings is 7. The third-order valence-corrected chi connectivity index (χ3v) is 14.5. The lowest BCUT2D eigenvalue weighted by atomic mass is 9.66. The highest BCUT2D eigenvalue weighted by Crippen LogP contribution is 2.63. The molecular weight excluding hydrogens is 727 g/mol. The van der Waals surface area contributed by atoms with E-state index in [2.05, 4.69) is 127 Å². The van der Waals surface area contributed by atoms with Crippen molar-refractivity contribution in [2.75, 3.05) is 0 Å². The molecule has 0 amide bonds. The molecule has 7 aromatic carbocycles. The molecule has 60 heavy (non-hydrogen) atoms. The van der Waals surface area contributed by atoms with E-state index >= 15 is 0 Å². The van der Waals surface area contributed by atoms with Gasteiger partial charge in [-0.15, -0.1) is 0 Å². The molecule has 8 aromatic rings. The number of aromatic nitrogens is 3. The molecule has 12 rings (SSSR count). The standard InChI is InChI=1S/C57H47N3/c1-5-17-40(18-6-1)53-58-54(41-19-7-2-8-20-41)60-55(59-53)43-22-15-21-42(35-43)38-27-29-39(30-28-38)44-24-16-26-49-52(44)47-37-50-46(36-51(47)57(49)33-13-4-14-34-57)45-23-9-10-25-48(45)56(50)31-11-3-12-32-56/h1-2,5-10,15-30,35-37H,3-4,11-14,31-34H2. The molecule has 1 aromatic heterocycles. The molecule has 0 radical (unpaired) electrons. The van der Waals surface area contributed by atoms with Crippen LogP contribution in [-0.2, 0) is 10.8 Å². The lowest BCUT2D eigenvalue weighted by Gasteiger charge is -2.37. The average Bonchev–Trinajstić information content (AvgIpc) is 3.74. The topological polar surface area (TPSA) is 38.7 Å². The van der Waals surface area contributed by atoms with Crippen molar-refractivity contribution < 1.29 is 0 Å². The Morgan fingerprint density at radius 1 is 0.283 bits per heavy atom. The van der Waals surface area contributed by atoms with E-state index in [4.69, 9.17) is 15.0 Å². The largest absolute Gasteiger partial charge is 0.208 e. The van der Waals surface area contributed by atoms with Crippen molar-refractivity contribution in [1.29, 1.82) is 0 Å². The summed E-state index contributed by atoms with van der Waals surface area (Å²) in [5.41, 5.74) is 20.4. The predicted molar refractivity (Wildman–Crippen MR) is 246 cm³/mol. The quantitative estimate of drug-likeness (QED) is 0.175. The van der Waals surface area contributed by atoms with Crippen LogP contribution in [-0.4, -0.2) is 15.0 Å². The van der Waals surface area contributed by atoms with Gasteiger partial charge >= 0.3 is 0 Å². The van der Waals surface area contributed by atoms with Crippen LogP contribution < -0.4 is 0 Å². The van der Waals surface area contributed by atoms with E-state index in [-0.39, 0.29) is 10.8 Å². The first-order valence-electron chi connectivity index (χ1n) is 22.2. The molecule has 2 fully saturated rings. The van der Waals surface area contributed by atoms with Crippen LogP contribution in [0.5, 0.6) is 0 Å². The summed E-state index contributed by atoms with van der Waals surface area (Å²) in [4.78, 5) is 14.9.